The first-order valence-corrected chi connectivity index (χ1v) is 5.48. The highest BCUT2D eigenvalue weighted by atomic mass is 16.3. The minimum absolute atomic E-state index is 0.380. The van der Waals surface area contributed by atoms with Crippen molar-refractivity contribution in [2.75, 3.05) is 6.54 Å². The van der Waals surface area contributed by atoms with Crippen LogP contribution >= 0.6 is 0 Å². The first-order valence-electron chi connectivity index (χ1n) is 5.48. The van der Waals surface area contributed by atoms with E-state index in [1.54, 1.807) is 0 Å². The maximum atomic E-state index is 10.3. The van der Waals surface area contributed by atoms with Gasteiger partial charge in [0.2, 0.25) is 0 Å². The van der Waals surface area contributed by atoms with Crippen molar-refractivity contribution < 1.29 is 5.11 Å². The van der Waals surface area contributed by atoms with Gasteiger partial charge in [-0.25, -0.2) is 0 Å². The van der Waals surface area contributed by atoms with Gasteiger partial charge in [-0.05, 0) is 45.1 Å². The average Bonchev–Trinajstić information content (AvgIpc) is 2.01. The molecule has 13 heavy (non-hydrogen) atoms. The van der Waals surface area contributed by atoms with Crippen molar-refractivity contribution in [3.05, 3.63) is 0 Å². The van der Waals surface area contributed by atoms with Gasteiger partial charge >= 0.3 is 0 Å². The summed E-state index contributed by atoms with van der Waals surface area (Å²) in [4.78, 5) is 0. The van der Waals surface area contributed by atoms with Crippen LogP contribution in [0.1, 0.15) is 46.5 Å². The molecule has 2 unspecified atom stereocenters. The lowest BCUT2D eigenvalue weighted by atomic mass is 9.83. The summed E-state index contributed by atoms with van der Waals surface area (Å²) in [6.07, 6.45) is 3.95. The molecule has 0 bridgehead atoms. The summed E-state index contributed by atoms with van der Waals surface area (Å²) in [6.45, 7) is 7.55. The summed E-state index contributed by atoms with van der Waals surface area (Å²) < 4.78 is 0. The highest BCUT2D eigenvalue weighted by molar-refractivity contribution is 4.88. The molecule has 2 nitrogen and oxygen atoms in total. The number of hydrogen-bond donors (Lipinski definition) is 2. The quantitative estimate of drug-likeness (QED) is 0.704. The molecule has 2 heteroatoms. The Balaban J connectivity index is 2.35. The molecule has 1 rings (SSSR count). The van der Waals surface area contributed by atoms with Crippen LogP contribution in [0.25, 0.3) is 0 Å². The average molecular weight is 185 g/mol. The molecule has 0 amide bonds. The predicted octanol–water partition coefficient (Wildman–Crippen LogP) is 1.93. The Hall–Kier alpha value is -0.0800. The van der Waals surface area contributed by atoms with Gasteiger partial charge in [0.15, 0.2) is 0 Å². The minimum atomic E-state index is -0.380. The zero-order valence-corrected chi connectivity index (χ0v) is 9.14. The van der Waals surface area contributed by atoms with E-state index in [0.717, 1.165) is 32.2 Å². The van der Waals surface area contributed by atoms with Crippen molar-refractivity contribution in [2.45, 2.75) is 58.1 Å². The van der Waals surface area contributed by atoms with Crippen molar-refractivity contribution in [2.24, 2.45) is 5.92 Å². The minimum Gasteiger partial charge on any atom is -0.390 e. The molecule has 0 aromatic rings. The van der Waals surface area contributed by atoms with Crippen LogP contribution < -0.4 is 5.32 Å². The van der Waals surface area contributed by atoms with Gasteiger partial charge in [-0.15, -0.1) is 0 Å². The van der Waals surface area contributed by atoms with E-state index in [4.69, 9.17) is 0 Å². The summed E-state index contributed by atoms with van der Waals surface area (Å²) in [5.41, 5.74) is -0.380. The second kappa shape index (κ2) is 4.43. The molecule has 0 saturated carbocycles. The molecule has 0 aromatic carbocycles. The number of rotatable bonds is 3. The highest BCUT2D eigenvalue weighted by Gasteiger charge is 2.31. The van der Waals surface area contributed by atoms with E-state index in [1.807, 2.05) is 0 Å². The zero-order valence-electron chi connectivity index (χ0n) is 9.14. The number of hydrogen-bond acceptors (Lipinski definition) is 2. The van der Waals surface area contributed by atoms with Crippen LogP contribution in [0.4, 0.5) is 0 Å². The molecule has 1 heterocycles. The molecule has 0 radical (unpaired) electrons. The Labute approximate surface area is 81.7 Å². The van der Waals surface area contributed by atoms with Gasteiger partial charge in [-0.3, -0.25) is 0 Å². The highest BCUT2D eigenvalue weighted by Crippen LogP contribution is 2.27. The predicted molar refractivity (Wildman–Crippen MR) is 55.7 cm³/mol. The van der Waals surface area contributed by atoms with Crippen LogP contribution in [0.5, 0.6) is 0 Å². The third-order valence-electron chi connectivity index (χ3n) is 2.96. The molecule has 2 atom stereocenters. The molecule has 0 aromatic heterocycles. The maximum Gasteiger partial charge on any atom is 0.0674 e. The number of aliphatic hydroxyl groups is 1. The van der Waals surface area contributed by atoms with Crippen molar-refractivity contribution in [3.8, 4) is 0 Å². The Morgan fingerprint density at radius 3 is 2.77 bits per heavy atom. The lowest BCUT2D eigenvalue weighted by molar-refractivity contribution is -0.0133. The third kappa shape index (κ3) is 3.65. The molecular weight excluding hydrogens is 162 g/mol. The van der Waals surface area contributed by atoms with E-state index in [9.17, 15) is 5.11 Å². The van der Waals surface area contributed by atoms with Crippen LogP contribution in [0, 0.1) is 5.92 Å². The maximum absolute atomic E-state index is 10.3. The SMILES string of the molecule is CC(C)CCC1(O)CCNC(C)C1. The van der Waals surface area contributed by atoms with Crippen molar-refractivity contribution >= 4 is 0 Å². The summed E-state index contributed by atoms with van der Waals surface area (Å²) >= 11 is 0. The molecule has 1 saturated heterocycles. The molecule has 1 aliphatic rings. The first-order chi connectivity index (χ1) is 6.02. The van der Waals surface area contributed by atoms with Gasteiger partial charge in [0.05, 0.1) is 5.60 Å². The van der Waals surface area contributed by atoms with Gasteiger partial charge < -0.3 is 10.4 Å². The normalized spacial score (nSPS) is 35.3. The topological polar surface area (TPSA) is 32.3 Å². The van der Waals surface area contributed by atoms with E-state index in [2.05, 4.69) is 26.1 Å². The van der Waals surface area contributed by atoms with Crippen molar-refractivity contribution in [1.29, 1.82) is 0 Å². The molecule has 1 aliphatic heterocycles. The van der Waals surface area contributed by atoms with Crippen LogP contribution in [0.15, 0.2) is 0 Å². The van der Waals surface area contributed by atoms with Gasteiger partial charge in [0.1, 0.15) is 0 Å². The lowest BCUT2D eigenvalue weighted by Crippen LogP contribution is -2.46. The van der Waals surface area contributed by atoms with Gasteiger partial charge in [0.25, 0.3) is 0 Å². The first kappa shape index (κ1) is 11.0. The fraction of sp³-hybridized carbons (Fsp3) is 1.00. The lowest BCUT2D eigenvalue weighted by Gasteiger charge is -2.36. The van der Waals surface area contributed by atoms with Crippen LogP contribution in [0.3, 0.4) is 0 Å². The van der Waals surface area contributed by atoms with Gasteiger partial charge in [0, 0.05) is 6.04 Å². The standard InChI is InChI=1S/C11H23NO/c1-9(2)4-5-11(13)6-7-12-10(3)8-11/h9-10,12-13H,4-8H2,1-3H3. The molecule has 78 valence electrons. The van der Waals surface area contributed by atoms with Gasteiger partial charge in [-0.2, -0.15) is 0 Å². The molecule has 0 aliphatic carbocycles. The summed E-state index contributed by atoms with van der Waals surface area (Å²) in [5.74, 6) is 0.703. The molecule has 0 spiro atoms. The van der Waals surface area contributed by atoms with E-state index >= 15 is 0 Å². The Bertz CT molecular complexity index is 158. The third-order valence-corrected chi connectivity index (χ3v) is 2.96. The van der Waals surface area contributed by atoms with Gasteiger partial charge in [-0.1, -0.05) is 13.8 Å². The smallest absolute Gasteiger partial charge is 0.0674 e. The van der Waals surface area contributed by atoms with Crippen LogP contribution in [-0.2, 0) is 0 Å². The number of piperidine rings is 1. The Kier molecular flexibility index (Phi) is 3.74. The fourth-order valence-corrected chi connectivity index (χ4v) is 2.08. The van der Waals surface area contributed by atoms with Crippen molar-refractivity contribution in [3.63, 3.8) is 0 Å². The van der Waals surface area contributed by atoms with Crippen LogP contribution in [0.2, 0.25) is 0 Å². The van der Waals surface area contributed by atoms with E-state index < -0.39 is 0 Å². The van der Waals surface area contributed by atoms with E-state index in [1.165, 1.54) is 0 Å². The summed E-state index contributed by atoms with van der Waals surface area (Å²) in [6, 6.07) is 0.478. The number of nitrogens with one attached hydrogen (secondary N) is 1. The molecule has 2 N–H and O–H groups in total. The fourth-order valence-electron chi connectivity index (χ4n) is 2.08. The van der Waals surface area contributed by atoms with Crippen molar-refractivity contribution in [1.82, 2.24) is 5.32 Å². The molecule has 1 fully saturated rings. The monoisotopic (exact) mass is 185 g/mol. The van der Waals surface area contributed by atoms with E-state index in [-0.39, 0.29) is 5.60 Å². The Morgan fingerprint density at radius 1 is 1.54 bits per heavy atom. The zero-order chi connectivity index (χ0) is 9.90. The second-order valence-electron chi connectivity index (χ2n) is 4.97. The largest absolute Gasteiger partial charge is 0.390 e. The second-order valence-corrected chi connectivity index (χ2v) is 4.97. The van der Waals surface area contributed by atoms with Crippen LogP contribution in [-0.4, -0.2) is 23.3 Å². The summed E-state index contributed by atoms with van der Waals surface area (Å²) in [5, 5.41) is 13.6. The Morgan fingerprint density at radius 2 is 2.23 bits per heavy atom. The summed E-state index contributed by atoms with van der Waals surface area (Å²) in [7, 11) is 0. The van der Waals surface area contributed by atoms with E-state index in [0.29, 0.717) is 12.0 Å². The molecular formula is C11H23NO.